The van der Waals surface area contributed by atoms with Gasteiger partial charge in [0.25, 0.3) is 11.8 Å². The molecule has 0 atom stereocenters. The molecule has 0 unspecified atom stereocenters. The van der Waals surface area contributed by atoms with Crippen molar-refractivity contribution in [1.82, 2.24) is 4.90 Å². The van der Waals surface area contributed by atoms with Gasteiger partial charge < -0.3 is 15.0 Å². The van der Waals surface area contributed by atoms with E-state index >= 15 is 0 Å². The van der Waals surface area contributed by atoms with Crippen molar-refractivity contribution in [3.05, 3.63) is 64.7 Å². The molecule has 0 aromatic heterocycles. The Hall–Kier alpha value is -2.37. The van der Waals surface area contributed by atoms with Gasteiger partial charge in [-0.15, -0.1) is 0 Å². The Morgan fingerprint density at radius 2 is 1.71 bits per heavy atom. The molecule has 1 N–H and O–H groups in total. The Bertz CT molecular complexity index is 740. The summed E-state index contributed by atoms with van der Waals surface area (Å²) in [5.74, 6) is -0.268. The highest BCUT2D eigenvalue weighted by molar-refractivity contribution is 6.31. The van der Waals surface area contributed by atoms with Crippen LogP contribution in [-0.4, -0.2) is 43.0 Å². The molecule has 6 heteroatoms. The first-order valence-corrected chi connectivity index (χ1v) is 8.05. The third kappa shape index (κ3) is 3.93. The minimum Gasteiger partial charge on any atom is -0.378 e. The summed E-state index contributed by atoms with van der Waals surface area (Å²) in [5.41, 5.74) is 1.70. The number of halogens is 1. The number of ether oxygens (including phenoxy) is 1. The number of nitrogens with one attached hydrogen (secondary N) is 1. The van der Waals surface area contributed by atoms with Crippen LogP contribution in [0.1, 0.15) is 20.7 Å². The van der Waals surface area contributed by atoms with Gasteiger partial charge in [0.1, 0.15) is 0 Å². The Morgan fingerprint density at radius 1 is 1.00 bits per heavy atom. The lowest BCUT2D eigenvalue weighted by atomic mass is 10.1. The topological polar surface area (TPSA) is 58.6 Å². The molecule has 2 aromatic rings. The van der Waals surface area contributed by atoms with Crippen LogP contribution in [0.5, 0.6) is 0 Å². The van der Waals surface area contributed by atoms with Crippen LogP contribution in [0.4, 0.5) is 5.69 Å². The van der Waals surface area contributed by atoms with Crippen molar-refractivity contribution in [3.8, 4) is 0 Å². The number of morpholine rings is 1. The van der Waals surface area contributed by atoms with Crippen LogP contribution in [0.15, 0.2) is 48.5 Å². The lowest BCUT2D eigenvalue weighted by Crippen LogP contribution is -2.40. The molecule has 0 saturated carbocycles. The number of carbonyl (C=O) groups is 2. The molecule has 1 aliphatic rings. The van der Waals surface area contributed by atoms with Gasteiger partial charge in [0.05, 0.1) is 13.2 Å². The standard InChI is InChI=1S/C18H17ClN2O3/c19-15-3-1-2-14(12-15)17(22)20-16-6-4-13(5-7-16)18(23)21-8-10-24-11-9-21/h1-7,12H,8-11H2,(H,20,22). The van der Waals surface area contributed by atoms with Crippen molar-refractivity contribution in [2.45, 2.75) is 0 Å². The molecule has 1 saturated heterocycles. The summed E-state index contributed by atoms with van der Waals surface area (Å²) < 4.78 is 5.25. The average molecular weight is 345 g/mol. The number of rotatable bonds is 3. The molecule has 124 valence electrons. The Morgan fingerprint density at radius 3 is 2.38 bits per heavy atom. The number of nitrogens with zero attached hydrogens (tertiary/aromatic N) is 1. The number of amides is 2. The molecule has 1 fully saturated rings. The number of hydrogen-bond donors (Lipinski definition) is 1. The van der Waals surface area contributed by atoms with Gasteiger partial charge in [0.2, 0.25) is 0 Å². The fourth-order valence-electron chi connectivity index (χ4n) is 2.48. The first kappa shape index (κ1) is 16.5. The monoisotopic (exact) mass is 344 g/mol. The van der Waals surface area contributed by atoms with Crippen molar-refractivity contribution >= 4 is 29.1 Å². The highest BCUT2D eigenvalue weighted by atomic mass is 35.5. The minimum absolute atomic E-state index is 0.0222. The van der Waals surface area contributed by atoms with Gasteiger partial charge in [0.15, 0.2) is 0 Å². The van der Waals surface area contributed by atoms with Gasteiger partial charge in [0, 0.05) is 34.9 Å². The zero-order valence-electron chi connectivity index (χ0n) is 13.0. The van der Waals surface area contributed by atoms with Crippen LogP contribution in [0.25, 0.3) is 0 Å². The van der Waals surface area contributed by atoms with Crippen molar-refractivity contribution in [2.24, 2.45) is 0 Å². The zero-order chi connectivity index (χ0) is 16.9. The summed E-state index contributed by atoms with van der Waals surface area (Å²) in [5, 5.41) is 3.30. The van der Waals surface area contributed by atoms with Crippen LogP contribution >= 0.6 is 11.6 Å². The van der Waals surface area contributed by atoms with Crippen LogP contribution in [-0.2, 0) is 4.74 Å². The summed E-state index contributed by atoms with van der Waals surface area (Å²) >= 11 is 5.89. The zero-order valence-corrected chi connectivity index (χ0v) is 13.8. The second-order valence-electron chi connectivity index (χ2n) is 5.45. The van der Waals surface area contributed by atoms with Crippen LogP contribution in [0, 0.1) is 0 Å². The quantitative estimate of drug-likeness (QED) is 0.931. The molecule has 0 bridgehead atoms. The predicted octanol–water partition coefficient (Wildman–Crippen LogP) is 3.06. The molecule has 0 radical (unpaired) electrons. The van der Waals surface area contributed by atoms with E-state index in [2.05, 4.69) is 5.32 Å². The first-order chi connectivity index (χ1) is 11.6. The maximum Gasteiger partial charge on any atom is 0.255 e. The van der Waals surface area contributed by atoms with E-state index < -0.39 is 0 Å². The summed E-state index contributed by atoms with van der Waals surface area (Å²) in [6.45, 7) is 2.34. The molecule has 2 amide bonds. The summed E-state index contributed by atoms with van der Waals surface area (Å²) in [7, 11) is 0. The second-order valence-corrected chi connectivity index (χ2v) is 5.88. The van der Waals surface area contributed by atoms with Crippen molar-refractivity contribution in [1.29, 1.82) is 0 Å². The number of anilines is 1. The smallest absolute Gasteiger partial charge is 0.255 e. The number of hydrogen-bond acceptors (Lipinski definition) is 3. The van der Waals surface area contributed by atoms with E-state index in [0.29, 0.717) is 48.1 Å². The maximum atomic E-state index is 12.4. The number of carbonyl (C=O) groups excluding carboxylic acids is 2. The summed E-state index contributed by atoms with van der Waals surface area (Å²) in [6.07, 6.45) is 0. The maximum absolute atomic E-state index is 12.4. The van der Waals surface area contributed by atoms with E-state index in [9.17, 15) is 9.59 Å². The highest BCUT2D eigenvalue weighted by Crippen LogP contribution is 2.15. The van der Waals surface area contributed by atoms with Gasteiger partial charge in [-0.25, -0.2) is 0 Å². The van der Waals surface area contributed by atoms with Gasteiger partial charge in [-0.05, 0) is 42.5 Å². The lowest BCUT2D eigenvalue weighted by molar-refractivity contribution is 0.0303. The van der Waals surface area contributed by atoms with E-state index in [4.69, 9.17) is 16.3 Å². The van der Waals surface area contributed by atoms with E-state index in [1.54, 1.807) is 53.4 Å². The van der Waals surface area contributed by atoms with Gasteiger partial charge in [-0.1, -0.05) is 17.7 Å². The van der Waals surface area contributed by atoms with E-state index in [1.807, 2.05) is 0 Å². The minimum atomic E-state index is -0.246. The number of benzene rings is 2. The molecule has 0 spiro atoms. The van der Waals surface area contributed by atoms with Crippen LogP contribution < -0.4 is 5.32 Å². The molecule has 5 nitrogen and oxygen atoms in total. The van der Waals surface area contributed by atoms with Crippen LogP contribution in [0.2, 0.25) is 5.02 Å². The largest absolute Gasteiger partial charge is 0.378 e. The SMILES string of the molecule is O=C(Nc1ccc(C(=O)N2CCOCC2)cc1)c1cccc(Cl)c1. The third-order valence-electron chi connectivity index (χ3n) is 3.77. The Balaban J connectivity index is 1.66. The fourth-order valence-corrected chi connectivity index (χ4v) is 2.67. The molecule has 1 heterocycles. The molecular formula is C18H17ClN2O3. The normalized spacial score (nSPS) is 14.3. The third-order valence-corrected chi connectivity index (χ3v) is 4.01. The molecular weight excluding hydrogens is 328 g/mol. The summed E-state index contributed by atoms with van der Waals surface area (Å²) in [6, 6.07) is 13.6. The van der Waals surface area contributed by atoms with Gasteiger partial charge in [-0.2, -0.15) is 0 Å². The summed E-state index contributed by atoms with van der Waals surface area (Å²) in [4.78, 5) is 26.3. The van der Waals surface area contributed by atoms with Crippen LogP contribution in [0.3, 0.4) is 0 Å². The molecule has 1 aliphatic heterocycles. The van der Waals surface area contributed by atoms with E-state index in [1.165, 1.54) is 0 Å². The molecule has 0 aliphatic carbocycles. The fraction of sp³-hybridized carbons (Fsp3) is 0.222. The molecule has 3 rings (SSSR count). The van der Waals surface area contributed by atoms with Gasteiger partial charge >= 0.3 is 0 Å². The Kier molecular flexibility index (Phi) is 5.13. The second kappa shape index (κ2) is 7.47. The average Bonchev–Trinajstić information content (AvgIpc) is 2.62. The Labute approximate surface area is 145 Å². The van der Waals surface area contributed by atoms with Crippen molar-refractivity contribution in [3.63, 3.8) is 0 Å². The lowest BCUT2D eigenvalue weighted by Gasteiger charge is -2.26. The highest BCUT2D eigenvalue weighted by Gasteiger charge is 2.18. The van der Waals surface area contributed by atoms with Gasteiger partial charge in [-0.3, -0.25) is 9.59 Å². The van der Waals surface area contributed by atoms with Crippen molar-refractivity contribution in [2.75, 3.05) is 31.6 Å². The molecule has 24 heavy (non-hydrogen) atoms. The van der Waals surface area contributed by atoms with E-state index in [-0.39, 0.29) is 11.8 Å². The van der Waals surface area contributed by atoms with E-state index in [0.717, 1.165) is 0 Å². The van der Waals surface area contributed by atoms with Crippen molar-refractivity contribution < 1.29 is 14.3 Å². The first-order valence-electron chi connectivity index (χ1n) is 7.67. The molecule has 2 aromatic carbocycles. The predicted molar refractivity (Wildman–Crippen MR) is 92.6 cm³/mol.